The minimum Gasteiger partial charge on any atom is -0.344 e. The topological polar surface area (TPSA) is 32.3 Å². The first-order valence-electron chi connectivity index (χ1n) is 5.63. The summed E-state index contributed by atoms with van der Waals surface area (Å²) in [6.45, 7) is 9.95. The van der Waals surface area contributed by atoms with E-state index in [1.54, 1.807) is 0 Å². The average molecular weight is 226 g/mol. The highest BCUT2D eigenvalue weighted by Gasteiger charge is 2.18. The molecule has 1 aromatic heterocycles. The molecular weight excluding hydrogens is 208 g/mol. The molecule has 1 saturated heterocycles. The minimum absolute atomic E-state index is 0.936. The Bertz CT molecular complexity index is 304. The molecule has 15 heavy (non-hydrogen) atoms. The smallest absolute Gasteiger partial charge is 0.205 e. The predicted molar refractivity (Wildman–Crippen MR) is 63.6 cm³/mol. The Hall–Kier alpha value is -0.680. The number of nitrogens with zero attached hydrogens (tertiary/aromatic N) is 4. The summed E-state index contributed by atoms with van der Waals surface area (Å²) in [5.41, 5.74) is 0. The zero-order chi connectivity index (χ0) is 10.7. The Labute approximate surface area is 95.1 Å². The SMILES string of the molecule is CCc1nsc(N2CCN(CC)CC2)n1. The maximum absolute atomic E-state index is 4.52. The van der Waals surface area contributed by atoms with Crippen LogP contribution in [0.3, 0.4) is 0 Å². The van der Waals surface area contributed by atoms with Crippen LogP contribution in [0.4, 0.5) is 5.13 Å². The van der Waals surface area contributed by atoms with E-state index in [-0.39, 0.29) is 0 Å². The monoisotopic (exact) mass is 226 g/mol. The third-order valence-corrected chi connectivity index (χ3v) is 3.68. The van der Waals surface area contributed by atoms with Gasteiger partial charge >= 0.3 is 0 Å². The molecule has 2 heterocycles. The van der Waals surface area contributed by atoms with E-state index in [0.29, 0.717) is 0 Å². The molecular formula is C10H18N4S. The first kappa shape index (κ1) is 10.8. The lowest BCUT2D eigenvalue weighted by molar-refractivity contribution is 0.271. The fourth-order valence-electron chi connectivity index (χ4n) is 1.77. The van der Waals surface area contributed by atoms with Crippen molar-refractivity contribution in [2.45, 2.75) is 20.3 Å². The van der Waals surface area contributed by atoms with E-state index in [1.807, 2.05) is 0 Å². The molecule has 84 valence electrons. The summed E-state index contributed by atoms with van der Waals surface area (Å²) in [6.07, 6.45) is 0.936. The molecule has 2 rings (SSSR count). The molecule has 0 bridgehead atoms. The van der Waals surface area contributed by atoms with Crippen molar-refractivity contribution in [3.8, 4) is 0 Å². The van der Waals surface area contributed by atoms with Gasteiger partial charge in [0.05, 0.1) is 0 Å². The summed E-state index contributed by atoms with van der Waals surface area (Å²) in [6, 6.07) is 0. The molecule has 1 aliphatic heterocycles. The molecule has 0 aliphatic carbocycles. The van der Waals surface area contributed by atoms with Crippen LogP contribution in [0.15, 0.2) is 0 Å². The number of rotatable bonds is 3. The van der Waals surface area contributed by atoms with Crippen LogP contribution in [0.5, 0.6) is 0 Å². The Morgan fingerprint density at radius 2 is 1.93 bits per heavy atom. The second-order valence-corrected chi connectivity index (χ2v) is 4.50. The van der Waals surface area contributed by atoms with Crippen LogP contribution in [-0.2, 0) is 6.42 Å². The summed E-state index contributed by atoms with van der Waals surface area (Å²) in [5, 5.41) is 1.10. The molecule has 0 N–H and O–H groups in total. The Morgan fingerprint density at radius 1 is 1.20 bits per heavy atom. The van der Waals surface area contributed by atoms with Gasteiger partial charge in [-0.15, -0.1) is 0 Å². The van der Waals surface area contributed by atoms with Crippen molar-refractivity contribution in [1.82, 2.24) is 14.3 Å². The minimum atomic E-state index is 0.936. The fraction of sp³-hybridized carbons (Fsp3) is 0.800. The standard InChI is InChI=1S/C10H18N4S/c1-3-9-11-10(15-12-9)14-7-5-13(4-2)6-8-14/h3-8H2,1-2H3. The summed E-state index contributed by atoms with van der Waals surface area (Å²) in [5.74, 6) is 0.980. The van der Waals surface area contributed by atoms with E-state index in [2.05, 4.69) is 33.0 Å². The van der Waals surface area contributed by atoms with E-state index >= 15 is 0 Å². The van der Waals surface area contributed by atoms with Crippen LogP contribution in [0.1, 0.15) is 19.7 Å². The molecule has 5 heteroatoms. The summed E-state index contributed by atoms with van der Waals surface area (Å²) in [7, 11) is 0. The van der Waals surface area contributed by atoms with Crippen molar-refractivity contribution in [3.05, 3.63) is 5.82 Å². The van der Waals surface area contributed by atoms with Crippen LogP contribution in [0.2, 0.25) is 0 Å². The van der Waals surface area contributed by atoms with Gasteiger partial charge in [0.15, 0.2) is 0 Å². The first-order chi connectivity index (χ1) is 7.33. The number of piperazine rings is 1. The van der Waals surface area contributed by atoms with E-state index < -0.39 is 0 Å². The number of hydrogen-bond donors (Lipinski definition) is 0. The molecule has 1 fully saturated rings. The summed E-state index contributed by atoms with van der Waals surface area (Å²) >= 11 is 1.54. The second kappa shape index (κ2) is 4.90. The predicted octanol–water partition coefficient (Wildman–Crippen LogP) is 1.24. The molecule has 4 nitrogen and oxygen atoms in total. The van der Waals surface area contributed by atoms with Gasteiger partial charge in [-0.25, -0.2) is 4.98 Å². The van der Waals surface area contributed by atoms with Gasteiger partial charge in [0.25, 0.3) is 0 Å². The normalized spacial score (nSPS) is 18.4. The van der Waals surface area contributed by atoms with E-state index in [9.17, 15) is 0 Å². The number of anilines is 1. The molecule has 0 radical (unpaired) electrons. The van der Waals surface area contributed by atoms with Crippen molar-refractivity contribution in [2.75, 3.05) is 37.6 Å². The molecule has 0 spiro atoms. The molecule has 0 unspecified atom stereocenters. The Balaban J connectivity index is 1.95. The van der Waals surface area contributed by atoms with Gasteiger partial charge in [0, 0.05) is 44.1 Å². The molecule has 0 saturated carbocycles. The van der Waals surface area contributed by atoms with Crippen LogP contribution >= 0.6 is 11.5 Å². The van der Waals surface area contributed by atoms with Crippen LogP contribution < -0.4 is 4.90 Å². The van der Waals surface area contributed by atoms with Gasteiger partial charge in [0.1, 0.15) is 5.82 Å². The third kappa shape index (κ3) is 2.46. The zero-order valence-corrected chi connectivity index (χ0v) is 10.3. The van der Waals surface area contributed by atoms with Crippen molar-refractivity contribution in [3.63, 3.8) is 0 Å². The molecule has 0 atom stereocenters. The Kier molecular flexibility index (Phi) is 3.53. The number of likely N-dealkylation sites (N-methyl/N-ethyl adjacent to an activating group) is 1. The number of hydrogen-bond acceptors (Lipinski definition) is 5. The fourth-order valence-corrected chi connectivity index (χ4v) is 2.57. The van der Waals surface area contributed by atoms with Gasteiger partial charge in [-0.3, -0.25) is 0 Å². The second-order valence-electron chi connectivity index (χ2n) is 3.77. The molecule has 0 aromatic carbocycles. The van der Waals surface area contributed by atoms with Crippen molar-refractivity contribution in [1.29, 1.82) is 0 Å². The highest BCUT2D eigenvalue weighted by Crippen LogP contribution is 2.18. The van der Waals surface area contributed by atoms with Gasteiger partial charge in [-0.05, 0) is 6.54 Å². The van der Waals surface area contributed by atoms with Crippen LogP contribution in [-0.4, -0.2) is 47.0 Å². The molecule has 0 amide bonds. The maximum Gasteiger partial charge on any atom is 0.205 e. The van der Waals surface area contributed by atoms with E-state index in [1.165, 1.54) is 11.5 Å². The lowest BCUT2D eigenvalue weighted by atomic mass is 10.3. The first-order valence-corrected chi connectivity index (χ1v) is 6.40. The highest BCUT2D eigenvalue weighted by atomic mass is 32.1. The van der Waals surface area contributed by atoms with Gasteiger partial charge in [-0.1, -0.05) is 13.8 Å². The largest absolute Gasteiger partial charge is 0.344 e. The number of aryl methyl sites for hydroxylation is 1. The van der Waals surface area contributed by atoms with Crippen LogP contribution in [0.25, 0.3) is 0 Å². The van der Waals surface area contributed by atoms with E-state index in [4.69, 9.17) is 0 Å². The summed E-state index contributed by atoms with van der Waals surface area (Å²) < 4.78 is 4.32. The average Bonchev–Trinajstić information content (AvgIpc) is 2.78. The Morgan fingerprint density at radius 3 is 2.47 bits per heavy atom. The van der Waals surface area contributed by atoms with Gasteiger partial charge in [0.2, 0.25) is 5.13 Å². The van der Waals surface area contributed by atoms with Crippen molar-refractivity contribution in [2.24, 2.45) is 0 Å². The number of aromatic nitrogens is 2. The van der Waals surface area contributed by atoms with Crippen molar-refractivity contribution >= 4 is 16.7 Å². The van der Waals surface area contributed by atoms with Crippen LogP contribution in [0, 0.1) is 0 Å². The third-order valence-electron chi connectivity index (χ3n) is 2.86. The quantitative estimate of drug-likeness (QED) is 0.776. The highest BCUT2D eigenvalue weighted by molar-refractivity contribution is 7.09. The molecule has 1 aliphatic rings. The van der Waals surface area contributed by atoms with Gasteiger partial charge in [-0.2, -0.15) is 4.37 Å². The van der Waals surface area contributed by atoms with Crippen molar-refractivity contribution < 1.29 is 0 Å². The van der Waals surface area contributed by atoms with E-state index in [0.717, 1.165) is 50.1 Å². The van der Waals surface area contributed by atoms with Gasteiger partial charge < -0.3 is 9.80 Å². The maximum atomic E-state index is 4.52. The lowest BCUT2D eigenvalue weighted by Gasteiger charge is -2.33. The zero-order valence-electron chi connectivity index (χ0n) is 9.44. The molecule has 1 aromatic rings. The lowest BCUT2D eigenvalue weighted by Crippen LogP contribution is -2.46. The summed E-state index contributed by atoms with van der Waals surface area (Å²) in [4.78, 5) is 9.34.